The van der Waals surface area contributed by atoms with Crippen molar-refractivity contribution < 1.29 is 4.79 Å². The third kappa shape index (κ3) is 3.92. The van der Waals surface area contributed by atoms with Crippen molar-refractivity contribution >= 4 is 17.3 Å². The number of nitrogens with one attached hydrogen (secondary N) is 1. The summed E-state index contributed by atoms with van der Waals surface area (Å²) in [5.41, 5.74) is 2.51. The number of rotatable bonds is 5. The maximum absolute atomic E-state index is 12.5. The van der Waals surface area contributed by atoms with E-state index >= 15 is 0 Å². The fourth-order valence-electron chi connectivity index (χ4n) is 3.52. The van der Waals surface area contributed by atoms with Crippen LogP contribution in [0.25, 0.3) is 5.82 Å². The van der Waals surface area contributed by atoms with Gasteiger partial charge in [-0.2, -0.15) is 0 Å². The van der Waals surface area contributed by atoms with Gasteiger partial charge in [0.1, 0.15) is 5.82 Å². The standard InChI is InChI=1S/C22H25N5O/c1-25(2)20-11-14-27(16-20)19-8-6-18(7-9-19)24-22(28)17-5-10-21(23-15-17)26-12-3-4-13-26/h3-10,12-13,15,20H,11,14,16H2,1-2H3,(H,24,28). The zero-order chi connectivity index (χ0) is 19.5. The average molecular weight is 375 g/mol. The number of carbonyl (C=O) groups is 1. The van der Waals surface area contributed by atoms with Crippen molar-refractivity contribution in [2.45, 2.75) is 12.5 Å². The number of aromatic nitrogens is 2. The van der Waals surface area contributed by atoms with Crippen LogP contribution in [0.2, 0.25) is 0 Å². The van der Waals surface area contributed by atoms with Crippen LogP contribution in [-0.2, 0) is 0 Å². The molecule has 0 aliphatic carbocycles. The maximum Gasteiger partial charge on any atom is 0.257 e. The van der Waals surface area contributed by atoms with Gasteiger partial charge in [0, 0.05) is 49.1 Å². The minimum absolute atomic E-state index is 0.159. The molecule has 0 spiro atoms. The summed E-state index contributed by atoms with van der Waals surface area (Å²) in [4.78, 5) is 21.5. The average Bonchev–Trinajstić information content (AvgIpc) is 3.41. The smallest absolute Gasteiger partial charge is 0.257 e. The number of pyridine rings is 1. The van der Waals surface area contributed by atoms with Crippen LogP contribution in [0.3, 0.4) is 0 Å². The minimum atomic E-state index is -0.159. The van der Waals surface area contributed by atoms with Gasteiger partial charge in [-0.25, -0.2) is 4.98 Å². The molecule has 1 saturated heterocycles. The predicted octanol–water partition coefficient (Wildman–Crippen LogP) is 3.26. The summed E-state index contributed by atoms with van der Waals surface area (Å²) in [5, 5.41) is 2.94. The number of likely N-dealkylation sites (N-methyl/N-ethyl adjacent to an activating group) is 1. The van der Waals surface area contributed by atoms with Crippen molar-refractivity contribution in [3.05, 3.63) is 72.7 Å². The Balaban J connectivity index is 1.38. The number of amides is 1. The van der Waals surface area contributed by atoms with E-state index in [0.29, 0.717) is 11.6 Å². The number of benzene rings is 1. The Morgan fingerprint density at radius 3 is 2.46 bits per heavy atom. The van der Waals surface area contributed by atoms with Gasteiger partial charge >= 0.3 is 0 Å². The largest absolute Gasteiger partial charge is 0.370 e. The van der Waals surface area contributed by atoms with E-state index in [4.69, 9.17) is 0 Å². The topological polar surface area (TPSA) is 53.4 Å². The second-order valence-electron chi connectivity index (χ2n) is 7.35. The summed E-state index contributed by atoms with van der Waals surface area (Å²) in [5.74, 6) is 0.626. The maximum atomic E-state index is 12.5. The fourth-order valence-corrected chi connectivity index (χ4v) is 3.52. The van der Waals surface area contributed by atoms with Crippen molar-refractivity contribution in [2.75, 3.05) is 37.4 Å². The first-order chi connectivity index (χ1) is 13.6. The van der Waals surface area contributed by atoms with E-state index in [9.17, 15) is 4.79 Å². The Labute approximate surface area is 165 Å². The molecular formula is C22H25N5O. The normalized spacial score (nSPS) is 16.5. The van der Waals surface area contributed by atoms with Crippen LogP contribution in [0.5, 0.6) is 0 Å². The molecule has 4 rings (SSSR count). The van der Waals surface area contributed by atoms with Gasteiger partial charge in [-0.05, 0) is 69.0 Å². The second-order valence-corrected chi connectivity index (χ2v) is 7.35. The summed E-state index contributed by atoms with van der Waals surface area (Å²) in [6, 6.07) is 16.2. The van der Waals surface area contributed by atoms with Gasteiger partial charge in [0.15, 0.2) is 0 Å². The highest BCUT2D eigenvalue weighted by Gasteiger charge is 2.23. The molecule has 1 fully saturated rings. The minimum Gasteiger partial charge on any atom is -0.370 e. The molecule has 2 aromatic heterocycles. The molecular weight excluding hydrogens is 350 g/mol. The lowest BCUT2D eigenvalue weighted by Gasteiger charge is -2.22. The molecule has 1 aromatic carbocycles. The molecule has 144 valence electrons. The molecule has 0 bridgehead atoms. The number of anilines is 2. The van der Waals surface area contributed by atoms with E-state index in [1.54, 1.807) is 12.3 Å². The van der Waals surface area contributed by atoms with Gasteiger partial charge in [0.25, 0.3) is 5.91 Å². The molecule has 1 N–H and O–H groups in total. The summed E-state index contributed by atoms with van der Waals surface area (Å²) in [6.07, 6.45) is 6.62. The van der Waals surface area contributed by atoms with E-state index in [-0.39, 0.29) is 5.91 Å². The van der Waals surface area contributed by atoms with Crippen molar-refractivity contribution in [3.63, 3.8) is 0 Å². The van der Waals surface area contributed by atoms with Crippen molar-refractivity contribution in [1.82, 2.24) is 14.5 Å². The first-order valence-electron chi connectivity index (χ1n) is 9.52. The van der Waals surface area contributed by atoms with Crippen LogP contribution >= 0.6 is 0 Å². The van der Waals surface area contributed by atoms with E-state index in [1.807, 2.05) is 47.3 Å². The lowest BCUT2D eigenvalue weighted by Crippen LogP contribution is -2.31. The van der Waals surface area contributed by atoms with E-state index in [0.717, 1.165) is 24.6 Å². The van der Waals surface area contributed by atoms with Gasteiger partial charge in [-0.1, -0.05) is 0 Å². The van der Waals surface area contributed by atoms with Gasteiger partial charge < -0.3 is 19.7 Å². The summed E-state index contributed by atoms with van der Waals surface area (Å²) in [6.45, 7) is 2.10. The van der Waals surface area contributed by atoms with Gasteiger partial charge in [0.2, 0.25) is 0 Å². The van der Waals surface area contributed by atoms with Crippen LogP contribution in [0.1, 0.15) is 16.8 Å². The Morgan fingerprint density at radius 2 is 1.86 bits per heavy atom. The van der Waals surface area contributed by atoms with Gasteiger partial charge in [-0.3, -0.25) is 4.79 Å². The first kappa shape index (κ1) is 18.3. The molecule has 3 heterocycles. The Morgan fingerprint density at radius 1 is 1.11 bits per heavy atom. The monoisotopic (exact) mass is 375 g/mol. The van der Waals surface area contributed by atoms with Crippen LogP contribution in [0.4, 0.5) is 11.4 Å². The molecule has 0 radical (unpaired) electrons. The first-order valence-corrected chi connectivity index (χ1v) is 9.52. The molecule has 1 aliphatic heterocycles. The number of hydrogen-bond acceptors (Lipinski definition) is 4. The fraction of sp³-hybridized carbons (Fsp3) is 0.273. The Kier molecular flexibility index (Phi) is 5.12. The Bertz CT molecular complexity index is 917. The summed E-state index contributed by atoms with van der Waals surface area (Å²) in [7, 11) is 4.26. The predicted molar refractivity (Wildman–Crippen MR) is 112 cm³/mol. The molecule has 1 amide bonds. The quantitative estimate of drug-likeness (QED) is 0.744. The van der Waals surface area contributed by atoms with Crippen molar-refractivity contribution in [1.29, 1.82) is 0 Å². The van der Waals surface area contributed by atoms with Gasteiger partial charge in [0.05, 0.1) is 5.56 Å². The molecule has 1 aliphatic rings. The van der Waals surface area contributed by atoms with Crippen LogP contribution in [-0.4, -0.2) is 53.6 Å². The number of hydrogen-bond donors (Lipinski definition) is 1. The molecule has 0 saturated carbocycles. The van der Waals surface area contributed by atoms with Crippen molar-refractivity contribution in [3.8, 4) is 5.82 Å². The molecule has 28 heavy (non-hydrogen) atoms. The lowest BCUT2D eigenvalue weighted by molar-refractivity contribution is 0.102. The molecule has 1 atom stereocenters. The third-order valence-electron chi connectivity index (χ3n) is 5.26. The summed E-state index contributed by atoms with van der Waals surface area (Å²) < 4.78 is 1.90. The summed E-state index contributed by atoms with van der Waals surface area (Å²) >= 11 is 0. The molecule has 6 heteroatoms. The van der Waals surface area contributed by atoms with Crippen LogP contribution < -0.4 is 10.2 Å². The number of carbonyl (C=O) groups excluding carboxylic acids is 1. The van der Waals surface area contributed by atoms with Crippen LogP contribution in [0.15, 0.2) is 67.1 Å². The highest BCUT2D eigenvalue weighted by Crippen LogP contribution is 2.24. The molecule has 1 unspecified atom stereocenters. The van der Waals surface area contributed by atoms with E-state index in [1.165, 1.54) is 12.1 Å². The van der Waals surface area contributed by atoms with Gasteiger partial charge in [-0.15, -0.1) is 0 Å². The SMILES string of the molecule is CN(C)C1CCN(c2ccc(NC(=O)c3ccc(-n4cccc4)nc3)cc2)C1. The number of nitrogens with zero attached hydrogens (tertiary/aromatic N) is 4. The molecule has 6 nitrogen and oxygen atoms in total. The highest BCUT2D eigenvalue weighted by atomic mass is 16.1. The van der Waals surface area contributed by atoms with E-state index in [2.05, 4.69) is 46.3 Å². The zero-order valence-corrected chi connectivity index (χ0v) is 16.2. The third-order valence-corrected chi connectivity index (χ3v) is 5.26. The van der Waals surface area contributed by atoms with Crippen molar-refractivity contribution in [2.24, 2.45) is 0 Å². The Hall–Kier alpha value is -3.12. The zero-order valence-electron chi connectivity index (χ0n) is 16.2. The van der Waals surface area contributed by atoms with E-state index < -0.39 is 0 Å². The highest BCUT2D eigenvalue weighted by molar-refractivity contribution is 6.04. The molecule has 3 aromatic rings. The second kappa shape index (κ2) is 7.86. The van der Waals surface area contributed by atoms with Crippen LogP contribution in [0, 0.1) is 0 Å². The lowest BCUT2D eigenvalue weighted by atomic mass is 10.2.